The second kappa shape index (κ2) is 5.95. The van der Waals surface area contributed by atoms with E-state index in [1.165, 1.54) is 0 Å². The number of fused-ring (bicyclic) bond motifs is 2. The van der Waals surface area contributed by atoms with Crippen molar-refractivity contribution in [3.05, 3.63) is 36.4 Å². The van der Waals surface area contributed by atoms with Gasteiger partial charge in [0.25, 0.3) is 0 Å². The van der Waals surface area contributed by atoms with Crippen LogP contribution in [0.25, 0.3) is 33.2 Å². The van der Waals surface area contributed by atoms with E-state index in [1.54, 1.807) is 24.8 Å². The van der Waals surface area contributed by atoms with Crippen LogP contribution in [0.5, 0.6) is 0 Å². The minimum absolute atomic E-state index is 0.267. The van der Waals surface area contributed by atoms with E-state index in [9.17, 15) is 9.18 Å². The van der Waals surface area contributed by atoms with Crippen molar-refractivity contribution in [2.75, 3.05) is 11.1 Å². The highest BCUT2D eigenvalue weighted by Gasteiger charge is 2.43. The SMILES string of the molecule is Cc1c(-c2cc3cc(NC(=O)C4CC4F)ncc3c(N)n2)cnc2nc[nH]c12. The van der Waals surface area contributed by atoms with E-state index in [-0.39, 0.29) is 12.3 Å². The predicted octanol–water partition coefficient (Wildman–Crippen LogP) is 2.76. The highest BCUT2D eigenvalue weighted by molar-refractivity contribution is 5.99. The summed E-state index contributed by atoms with van der Waals surface area (Å²) in [7, 11) is 0. The Morgan fingerprint density at radius 2 is 2.11 bits per heavy atom. The zero-order chi connectivity index (χ0) is 19.4. The molecule has 1 aliphatic carbocycles. The largest absolute Gasteiger partial charge is 0.383 e. The normalized spacial score (nSPS) is 18.5. The van der Waals surface area contributed by atoms with E-state index in [0.717, 1.165) is 22.0 Å². The van der Waals surface area contributed by atoms with Gasteiger partial charge >= 0.3 is 0 Å². The molecule has 0 radical (unpaired) electrons. The Labute approximate surface area is 158 Å². The van der Waals surface area contributed by atoms with Crippen molar-refractivity contribution < 1.29 is 9.18 Å². The molecule has 0 aliphatic heterocycles. The van der Waals surface area contributed by atoms with E-state index in [4.69, 9.17) is 5.73 Å². The fourth-order valence-electron chi connectivity index (χ4n) is 3.31. The Morgan fingerprint density at radius 3 is 2.89 bits per heavy atom. The number of nitrogens with one attached hydrogen (secondary N) is 2. The van der Waals surface area contributed by atoms with E-state index in [1.807, 2.05) is 13.0 Å². The second-order valence-electron chi connectivity index (χ2n) is 6.93. The molecule has 0 aromatic carbocycles. The number of hydrogen-bond acceptors (Lipinski definition) is 6. The summed E-state index contributed by atoms with van der Waals surface area (Å²) >= 11 is 0. The average molecular weight is 377 g/mol. The van der Waals surface area contributed by atoms with Crippen LogP contribution in [0.1, 0.15) is 12.0 Å². The third-order valence-electron chi connectivity index (χ3n) is 5.04. The van der Waals surface area contributed by atoms with Crippen molar-refractivity contribution in [1.82, 2.24) is 24.9 Å². The van der Waals surface area contributed by atoms with Crippen molar-refractivity contribution in [3.8, 4) is 11.3 Å². The first-order chi connectivity index (χ1) is 13.5. The van der Waals surface area contributed by atoms with Gasteiger partial charge in [-0.3, -0.25) is 4.79 Å². The molecule has 1 amide bonds. The lowest BCUT2D eigenvalue weighted by Gasteiger charge is -2.10. The van der Waals surface area contributed by atoms with Crippen molar-refractivity contribution in [2.45, 2.75) is 19.5 Å². The van der Waals surface area contributed by atoms with Crippen LogP contribution in [0.3, 0.4) is 0 Å². The number of carbonyl (C=O) groups excluding carboxylic acids is 1. The highest BCUT2D eigenvalue weighted by Crippen LogP contribution is 2.35. The smallest absolute Gasteiger partial charge is 0.231 e. The lowest BCUT2D eigenvalue weighted by atomic mass is 10.0. The third kappa shape index (κ3) is 2.63. The molecule has 0 spiro atoms. The molecule has 4 aromatic rings. The number of aryl methyl sites for hydroxylation is 1. The van der Waals surface area contributed by atoms with Gasteiger partial charge in [-0.2, -0.15) is 0 Å². The number of aromatic amines is 1. The van der Waals surface area contributed by atoms with Crippen LogP contribution in [-0.4, -0.2) is 37.0 Å². The van der Waals surface area contributed by atoms with Gasteiger partial charge in [-0.15, -0.1) is 0 Å². The van der Waals surface area contributed by atoms with Crippen LogP contribution in [-0.2, 0) is 4.79 Å². The number of aromatic nitrogens is 5. The second-order valence-corrected chi connectivity index (χ2v) is 6.93. The number of imidazole rings is 1. The van der Waals surface area contributed by atoms with Gasteiger partial charge in [-0.1, -0.05) is 0 Å². The van der Waals surface area contributed by atoms with Crippen LogP contribution in [0.15, 0.2) is 30.9 Å². The molecule has 2 atom stereocenters. The number of nitrogens with two attached hydrogens (primary N) is 1. The monoisotopic (exact) mass is 377 g/mol. The van der Waals surface area contributed by atoms with Crippen molar-refractivity contribution >= 4 is 39.5 Å². The minimum Gasteiger partial charge on any atom is -0.383 e. The van der Waals surface area contributed by atoms with Crippen LogP contribution < -0.4 is 11.1 Å². The Balaban J connectivity index is 1.57. The Morgan fingerprint density at radius 1 is 1.29 bits per heavy atom. The molecule has 1 saturated carbocycles. The van der Waals surface area contributed by atoms with Gasteiger partial charge in [0.1, 0.15) is 17.8 Å². The number of alkyl halides is 1. The first-order valence-corrected chi connectivity index (χ1v) is 8.81. The van der Waals surface area contributed by atoms with E-state index in [2.05, 4.69) is 30.2 Å². The number of pyridine rings is 3. The summed E-state index contributed by atoms with van der Waals surface area (Å²) in [6, 6.07) is 3.58. The molecule has 1 fully saturated rings. The van der Waals surface area contributed by atoms with Gasteiger partial charge in [0.2, 0.25) is 5.91 Å². The van der Waals surface area contributed by atoms with Crippen molar-refractivity contribution in [2.24, 2.45) is 5.92 Å². The number of halogens is 1. The fourth-order valence-corrected chi connectivity index (χ4v) is 3.31. The molecule has 2 unspecified atom stereocenters. The van der Waals surface area contributed by atoms with Gasteiger partial charge in [0.15, 0.2) is 5.65 Å². The number of carbonyl (C=O) groups is 1. The van der Waals surface area contributed by atoms with Gasteiger partial charge < -0.3 is 16.0 Å². The molecule has 9 heteroatoms. The lowest BCUT2D eigenvalue weighted by Crippen LogP contribution is -2.15. The minimum atomic E-state index is -1.06. The zero-order valence-electron chi connectivity index (χ0n) is 14.9. The molecule has 4 N–H and O–H groups in total. The first kappa shape index (κ1) is 16.5. The fraction of sp³-hybridized carbons (Fsp3) is 0.211. The molecule has 0 saturated heterocycles. The first-order valence-electron chi connectivity index (χ1n) is 8.81. The summed E-state index contributed by atoms with van der Waals surface area (Å²) in [6.07, 6.45) is 4.08. The maximum absolute atomic E-state index is 13.1. The van der Waals surface area contributed by atoms with Crippen LogP contribution in [0.4, 0.5) is 16.0 Å². The summed E-state index contributed by atoms with van der Waals surface area (Å²) in [5.74, 6) is -0.253. The summed E-state index contributed by atoms with van der Waals surface area (Å²) in [6.45, 7) is 1.96. The average Bonchev–Trinajstić information content (AvgIpc) is 3.21. The van der Waals surface area contributed by atoms with Crippen LogP contribution in [0, 0.1) is 12.8 Å². The number of nitrogen functional groups attached to an aromatic ring is 1. The number of anilines is 2. The lowest BCUT2D eigenvalue weighted by molar-refractivity contribution is -0.117. The van der Waals surface area contributed by atoms with Crippen LogP contribution >= 0.6 is 0 Å². The molecule has 1 aliphatic rings. The molecule has 4 aromatic heterocycles. The number of hydrogen-bond donors (Lipinski definition) is 3. The quantitative estimate of drug-likeness (QED) is 0.504. The summed E-state index contributed by atoms with van der Waals surface area (Å²) < 4.78 is 13.1. The van der Waals surface area contributed by atoms with Gasteiger partial charge in [0.05, 0.1) is 23.5 Å². The summed E-state index contributed by atoms with van der Waals surface area (Å²) in [5.41, 5.74) is 10.0. The maximum atomic E-state index is 13.1. The Bertz CT molecular complexity index is 1250. The standard InChI is InChI=1S/C19H16FN7O/c1-8-11(5-23-18-16(8)24-7-25-18)14-2-9-3-15(22-6-12(9)17(21)26-14)27-19(28)10-4-13(10)20/h2-3,5-7,10,13H,4H2,1H3,(H2,21,26)(H,22,27,28)(H,23,24,25). The number of amides is 1. The molecule has 8 nitrogen and oxygen atoms in total. The molecule has 5 rings (SSSR count). The summed E-state index contributed by atoms with van der Waals surface area (Å²) in [4.78, 5) is 32.2. The maximum Gasteiger partial charge on any atom is 0.231 e. The zero-order valence-corrected chi connectivity index (χ0v) is 14.9. The third-order valence-corrected chi connectivity index (χ3v) is 5.04. The summed E-state index contributed by atoms with van der Waals surface area (Å²) in [5, 5.41) is 4.10. The molecule has 140 valence electrons. The molecule has 0 bridgehead atoms. The molecular weight excluding hydrogens is 361 g/mol. The topological polar surface area (TPSA) is 122 Å². The highest BCUT2D eigenvalue weighted by atomic mass is 19.1. The molecule has 4 heterocycles. The van der Waals surface area contributed by atoms with Crippen molar-refractivity contribution in [3.63, 3.8) is 0 Å². The van der Waals surface area contributed by atoms with Gasteiger partial charge in [0, 0.05) is 23.3 Å². The van der Waals surface area contributed by atoms with E-state index >= 15 is 0 Å². The number of rotatable bonds is 3. The number of nitrogens with zero attached hydrogens (tertiary/aromatic N) is 4. The van der Waals surface area contributed by atoms with E-state index < -0.39 is 12.1 Å². The van der Waals surface area contributed by atoms with Gasteiger partial charge in [-0.25, -0.2) is 24.3 Å². The van der Waals surface area contributed by atoms with E-state index in [0.29, 0.717) is 28.4 Å². The number of H-pyrrole nitrogens is 1. The van der Waals surface area contributed by atoms with Gasteiger partial charge in [-0.05, 0) is 36.4 Å². The molecular formula is C19H16FN7O. The molecule has 28 heavy (non-hydrogen) atoms. The van der Waals surface area contributed by atoms with Crippen LogP contribution in [0.2, 0.25) is 0 Å². The van der Waals surface area contributed by atoms with Crippen molar-refractivity contribution in [1.29, 1.82) is 0 Å². The Kier molecular flexibility index (Phi) is 3.51. The Hall–Kier alpha value is -3.62. The predicted molar refractivity (Wildman–Crippen MR) is 103 cm³/mol.